The molecule has 9 unspecified atom stereocenters. The van der Waals surface area contributed by atoms with Crippen LogP contribution in [-0.4, -0.2) is 137 Å². The molecule has 0 bridgehead atoms. The van der Waals surface area contributed by atoms with Crippen LogP contribution < -0.4 is 0 Å². The van der Waals surface area contributed by atoms with Crippen molar-refractivity contribution in [2.24, 2.45) is 40.9 Å². The van der Waals surface area contributed by atoms with Crippen LogP contribution in [0.1, 0.15) is 106 Å². The van der Waals surface area contributed by atoms with E-state index in [2.05, 4.69) is 53.1 Å². The minimum absolute atomic E-state index is 0.0582. The lowest BCUT2D eigenvalue weighted by molar-refractivity contribution is -0.936. The molecule has 6 aliphatic rings. The number of likely N-dealkylation sites (N-methyl/N-ethyl adjacent to an activating group) is 1. The minimum Gasteiger partial charge on any atom is -0.462 e. The molecule has 18 atom stereocenters. The second kappa shape index (κ2) is 19.8. The maximum atomic E-state index is 13.6. The molecule has 4 fully saturated rings. The van der Waals surface area contributed by atoms with E-state index in [1.54, 1.807) is 21.3 Å². The van der Waals surface area contributed by atoms with Crippen molar-refractivity contribution in [2.45, 2.75) is 180 Å². The van der Waals surface area contributed by atoms with Gasteiger partial charge in [-0.2, -0.15) is 0 Å². The fourth-order valence-electron chi connectivity index (χ4n) is 11.4. The van der Waals surface area contributed by atoms with E-state index in [-0.39, 0.29) is 103 Å². The molecule has 0 spiro atoms. The van der Waals surface area contributed by atoms with Gasteiger partial charge in [-0.25, -0.2) is 0 Å². The van der Waals surface area contributed by atoms with Crippen molar-refractivity contribution in [3.05, 3.63) is 23.8 Å². The Kier molecular flexibility index (Phi) is 15.7. The Morgan fingerprint density at radius 3 is 2.25 bits per heavy atom. The maximum Gasteiger partial charge on any atom is 0.315 e. The summed E-state index contributed by atoms with van der Waals surface area (Å²) < 4.78 is 56.4. The molecule has 0 aromatic rings. The highest BCUT2D eigenvalue weighted by Gasteiger charge is 2.53. The van der Waals surface area contributed by atoms with Crippen molar-refractivity contribution in [3.8, 4) is 0 Å². The first-order valence-electron chi connectivity index (χ1n) is 22.9. The summed E-state index contributed by atoms with van der Waals surface area (Å²) in [7, 11) is 9.14. The number of aliphatic hydroxyl groups excluding tert-OH is 1. The summed E-state index contributed by atoms with van der Waals surface area (Å²) in [4.78, 5) is 26.2. The van der Waals surface area contributed by atoms with Crippen LogP contribution in [0, 0.1) is 40.9 Å². The Bertz CT molecular complexity index is 1510. The SMILES string of the molecule is CC[C@H]1CCC[C@H](OC2CCC([N+](C)(C)COC(=O)C(C)(C)C)C(C)O2)[C@@H](C)C(O)C2=C[C@@H]3[C@@H](C=C[C@@H]4C[C@@H](OC5OC(C)C(OC)C(OC)C5OC)C[C@@H]34)[C@@H]2CC(=O)O1. The summed E-state index contributed by atoms with van der Waals surface area (Å²) in [5.74, 6) is -0.0324. The molecule has 1 N–H and O–H groups in total. The van der Waals surface area contributed by atoms with Crippen molar-refractivity contribution in [1.82, 2.24) is 0 Å². The van der Waals surface area contributed by atoms with Gasteiger partial charge in [0, 0.05) is 40.1 Å². The molecule has 0 aromatic heterocycles. The monoisotopic (exact) mass is 849 g/mol. The van der Waals surface area contributed by atoms with Crippen molar-refractivity contribution >= 4 is 11.9 Å². The molecule has 342 valence electrons. The summed E-state index contributed by atoms with van der Waals surface area (Å²) in [5.41, 5.74) is 0.356. The number of aliphatic hydroxyl groups is 1. The van der Waals surface area contributed by atoms with E-state index in [4.69, 9.17) is 42.6 Å². The predicted octanol–water partition coefficient (Wildman–Crippen LogP) is 6.34. The second-order valence-corrected chi connectivity index (χ2v) is 20.3. The lowest BCUT2D eigenvalue weighted by Gasteiger charge is -2.45. The third-order valence-electron chi connectivity index (χ3n) is 14.8. The first-order valence-corrected chi connectivity index (χ1v) is 22.9. The van der Waals surface area contributed by atoms with Gasteiger partial charge in [-0.05, 0) is 108 Å². The maximum absolute atomic E-state index is 13.6. The summed E-state index contributed by atoms with van der Waals surface area (Å²) in [6.07, 6.45) is 9.59. The average Bonchev–Trinajstić information content (AvgIpc) is 3.78. The highest BCUT2D eigenvalue weighted by molar-refractivity contribution is 5.75. The van der Waals surface area contributed by atoms with Gasteiger partial charge in [-0.15, -0.1) is 0 Å². The molecular formula is C47H78NO12+. The van der Waals surface area contributed by atoms with Gasteiger partial charge in [-0.1, -0.05) is 32.1 Å². The number of cyclic esters (lactones) is 1. The van der Waals surface area contributed by atoms with Crippen LogP contribution in [-0.2, 0) is 52.2 Å². The lowest BCUT2D eigenvalue weighted by Crippen LogP contribution is -2.59. The molecule has 60 heavy (non-hydrogen) atoms. The molecule has 3 aliphatic heterocycles. The molecular weight excluding hydrogens is 771 g/mol. The zero-order chi connectivity index (χ0) is 43.7. The highest BCUT2D eigenvalue weighted by atomic mass is 16.7. The van der Waals surface area contributed by atoms with E-state index in [1.165, 1.54) is 0 Å². The summed E-state index contributed by atoms with van der Waals surface area (Å²) >= 11 is 0. The van der Waals surface area contributed by atoms with Crippen molar-refractivity contribution in [1.29, 1.82) is 0 Å². The highest BCUT2D eigenvalue weighted by Crippen LogP contribution is 2.55. The molecule has 0 radical (unpaired) electrons. The number of nitrogens with zero attached hydrogens (tertiary/aromatic N) is 1. The molecule has 0 aromatic carbocycles. The van der Waals surface area contributed by atoms with E-state index in [1.807, 2.05) is 27.7 Å². The lowest BCUT2D eigenvalue weighted by atomic mass is 9.70. The quantitative estimate of drug-likeness (QED) is 0.108. The number of quaternary nitrogens is 1. The molecule has 3 saturated heterocycles. The molecule has 1 saturated carbocycles. The van der Waals surface area contributed by atoms with Crippen LogP contribution in [0.5, 0.6) is 0 Å². The Balaban J connectivity index is 1.16. The van der Waals surface area contributed by atoms with E-state index >= 15 is 0 Å². The molecule has 13 heteroatoms. The molecule has 3 heterocycles. The van der Waals surface area contributed by atoms with Crippen molar-refractivity contribution < 1.29 is 61.8 Å². The van der Waals surface area contributed by atoms with Gasteiger partial charge in [0.2, 0.25) is 6.73 Å². The van der Waals surface area contributed by atoms with E-state index < -0.39 is 30.2 Å². The number of esters is 2. The second-order valence-electron chi connectivity index (χ2n) is 20.3. The fourth-order valence-corrected chi connectivity index (χ4v) is 11.4. The topological polar surface area (TPSA) is 137 Å². The number of carbonyl (C=O) groups excluding carboxylic acids is 2. The summed E-state index contributed by atoms with van der Waals surface area (Å²) in [5, 5.41) is 12.4. The molecule has 0 amide bonds. The molecule has 6 rings (SSSR count). The van der Waals surface area contributed by atoms with Crippen LogP contribution in [0.2, 0.25) is 0 Å². The zero-order valence-corrected chi connectivity index (χ0v) is 38.6. The van der Waals surface area contributed by atoms with Crippen LogP contribution in [0.25, 0.3) is 0 Å². The van der Waals surface area contributed by atoms with E-state index in [0.29, 0.717) is 23.2 Å². The Morgan fingerprint density at radius 1 is 0.883 bits per heavy atom. The van der Waals surface area contributed by atoms with Crippen LogP contribution in [0.4, 0.5) is 0 Å². The van der Waals surface area contributed by atoms with E-state index in [0.717, 1.165) is 44.1 Å². The molecule has 3 aliphatic carbocycles. The van der Waals surface area contributed by atoms with Crippen molar-refractivity contribution in [3.63, 3.8) is 0 Å². The van der Waals surface area contributed by atoms with Crippen molar-refractivity contribution in [2.75, 3.05) is 42.2 Å². The number of carbonyl (C=O) groups is 2. The first kappa shape index (κ1) is 47.5. The smallest absolute Gasteiger partial charge is 0.315 e. The third-order valence-corrected chi connectivity index (χ3v) is 14.8. The number of ether oxygens (including phenoxy) is 9. The van der Waals surface area contributed by atoms with Gasteiger partial charge in [0.1, 0.15) is 36.6 Å². The third kappa shape index (κ3) is 10.4. The largest absolute Gasteiger partial charge is 0.462 e. The fraction of sp³-hybridized carbons (Fsp3) is 0.872. The predicted molar refractivity (Wildman–Crippen MR) is 224 cm³/mol. The number of hydrogen-bond acceptors (Lipinski definition) is 12. The number of allylic oxidation sites excluding steroid dienone is 3. The van der Waals surface area contributed by atoms with Crippen LogP contribution in [0.15, 0.2) is 23.8 Å². The Labute approximate surface area is 359 Å². The average molecular weight is 849 g/mol. The van der Waals surface area contributed by atoms with Gasteiger partial charge >= 0.3 is 11.9 Å². The van der Waals surface area contributed by atoms with Gasteiger partial charge in [-0.3, -0.25) is 14.1 Å². The molecule has 13 nitrogen and oxygen atoms in total. The first-order chi connectivity index (χ1) is 28.4. The standard InChI is InChI=1S/C47H78NO12/c1-13-30-15-14-16-38(60-40-20-19-37(27(3)56-40)48(8,9)25-55-46(51)47(5,6)7)26(2)41(50)36-23-34-32(35(36)24-39(49)58-30)18-17-29-21-31(22-33(29)34)59-45-44(54-12)43(53-11)42(52-10)28(4)57-45/h17-18,23,26-35,37-38,40-45,50H,13-16,19-22,24-25H2,1-12H3/q+1/t26-,27?,28?,29-,30+,31-,32-,33-,34-,35+,37?,38+,40?,41?,42?,43?,44?,45?/m1/s1. The summed E-state index contributed by atoms with van der Waals surface area (Å²) in [6, 6.07) is 0.118. The van der Waals surface area contributed by atoms with Gasteiger partial charge in [0.05, 0.1) is 50.3 Å². The number of rotatable bonds is 11. The van der Waals surface area contributed by atoms with E-state index in [9.17, 15) is 14.7 Å². The summed E-state index contributed by atoms with van der Waals surface area (Å²) in [6.45, 7) is 14.1. The van der Waals surface area contributed by atoms with Crippen LogP contribution in [0.3, 0.4) is 0 Å². The van der Waals surface area contributed by atoms with Crippen LogP contribution >= 0.6 is 0 Å². The van der Waals surface area contributed by atoms with Gasteiger partial charge < -0.3 is 47.7 Å². The van der Waals surface area contributed by atoms with Gasteiger partial charge in [0.15, 0.2) is 12.6 Å². The number of methoxy groups -OCH3 is 3. The number of fused-ring (bicyclic) bond motifs is 5. The Morgan fingerprint density at radius 2 is 1.60 bits per heavy atom. The minimum atomic E-state index is -0.804. The Hall–Kier alpha value is -1.94. The number of hydrogen-bond donors (Lipinski definition) is 1. The normalized spacial score (nSPS) is 42.8. The zero-order valence-electron chi connectivity index (χ0n) is 38.6. The van der Waals surface area contributed by atoms with Gasteiger partial charge in [0.25, 0.3) is 0 Å².